The Kier molecular flexibility index (Phi) is 7.53. The molecular formula is C23H23FN4O3. The van der Waals surface area contributed by atoms with Crippen LogP contribution < -0.4 is 20.7 Å². The Morgan fingerprint density at radius 2 is 1.84 bits per heavy atom. The molecule has 3 N–H and O–H groups in total. The highest BCUT2D eigenvalue weighted by molar-refractivity contribution is 5.92. The number of anilines is 2. The minimum absolute atomic E-state index is 0.115. The molecule has 0 aliphatic rings. The molecule has 0 saturated heterocycles. The summed E-state index contributed by atoms with van der Waals surface area (Å²) in [6, 6.07) is 16.1. The lowest BCUT2D eigenvalue weighted by molar-refractivity contribution is -0.116. The molecule has 160 valence electrons. The summed E-state index contributed by atoms with van der Waals surface area (Å²) in [5.74, 6) is 0.489. The monoisotopic (exact) mass is 422 g/mol. The fourth-order valence-electron chi connectivity index (χ4n) is 2.62. The fourth-order valence-corrected chi connectivity index (χ4v) is 2.62. The van der Waals surface area contributed by atoms with Crippen molar-refractivity contribution in [2.24, 2.45) is 0 Å². The molecule has 3 rings (SSSR count). The van der Waals surface area contributed by atoms with Crippen LogP contribution in [0.25, 0.3) is 0 Å². The van der Waals surface area contributed by atoms with Gasteiger partial charge in [0.05, 0.1) is 0 Å². The Labute approximate surface area is 179 Å². The van der Waals surface area contributed by atoms with Crippen molar-refractivity contribution in [3.63, 3.8) is 0 Å². The highest BCUT2D eigenvalue weighted by Gasteiger charge is 2.06. The van der Waals surface area contributed by atoms with Crippen LogP contribution in [0.15, 0.2) is 66.9 Å². The first-order valence-electron chi connectivity index (χ1n) is 9.72. The van der Waals surface area contributed by atoms with Crippen molar-refractivity contribution in [1.29, 1.82) is 0 Å². The number of nitrogens with one attached hydrogen (secondary N) is 3. The number of aryl methyl sites for hydroxylation is 1. The van der Waals surface area contributed by atoms with E-state index < -0.39 is 6.03 Å². The van der Waals surface area contributed by atoms with Crippen LogP contribution in [0.3, 0.4) is 0 Å². The molecule has 0 fully saturated rings. The molecule has 0 unspecified atom stereocenters. The van der Waals surface area contributed by atoms with E-state index in [0.717, 1.165) is 11.1 Å². The van der Waals surface area contributed by atoms with Gasteiger partial charge >= 0.3 is 6.03 Å². The van der Waals surface area contributed by atoms with Gasteiger partial charge in [0, 0.05) is 30.9 Å². The average Bonchev–Trinajstić information content (AvgIpc) is 2.75. The molecule has 2 aromatic carbocycles. The molecule has 0 spiro atoms. The Balaban J connectivity index is 1.40. The lowest BCUT2D eigenvalue weighted by Gasteiger charge is -2.10. The highest BCUT2D eigenvalue weighted by Crippen LogP contribution is 2.18. The molecule has 0 saturated carbocycles. The Bertz CT molecular complexity index is 1020. The van der Waals surface area contributed by atoms with E-state index in [1.165, 1.54) is 12.1 Å². The first kappa shape index (κ1) is 21.8. The number of hydrogen-bond acceptors (Lipinski definition) is 4. The van der Waals surface area contributed by atoms with Crippen molar-refractivity contribution in [3.05, 3.63) is 83.8 Å². The van der Waals surface area contributed by atoms with E-state index in [0.29, 0.717) is 17.3 Å². The topological polar surface area (TPSA) is 92.4 Å². The molecule has 3 amide bonds. The Hall–Kier alpha value is -3.94. The predicted molar refractivity (Wildman–Crippen MR) is 116 cm³/mol. The first-order chi connectivity index (χ1) is 15.0. The van der Waals surface area contributed by atoms with Gasteiger partial charge in [-0.05, 0) is 48.4 Å². The second kappa shape index (κ2) is 10.7. The largest absolute Gasteiger partial charge is 0.489 e. The van der Waals surface area contributed by atoms with Crippen LogP contribution in [0.1, 0.15) is 17.5 Å². The lowest BCUT2D eigenvalue weighted by atomic mass is 10.2. The van der Waals surface area contributed by atoms with E-state index in [1.807, 2.05) is 13.0 Å². The number of pyridine rings is 1. The molecule has 31 heavy (non-hydrogen) atoms. The summed E-state index contributed by atoms with van der Waals surface area (Å²) in [4.78, 5) is 28.1. The zero-order chi connectivity index (χ0) is 22.1. The van der Waals surface area contributed by atoms with Crippen molar-refractivity contribution < 1.29 is 18.7 Å². The van der Waals surface area contributed by atoms with Crippen LogP contribution in [0.2, 0.25) is 0 Å². The third-order valence-corrected chi connectivity index (χ3v) is 4.23. The van der Waals surface area contributed by atoms with Gasteiger partial charge in [0.1, 0.15) is 24.0 Å². The van der Waals surface area contributed by atoms with E-state index in [1.54, 1.807) is 48.7 Å². The van der Waals surface area contributed by atoms with Gasteiger partial charge in [-0.1, -0.05) is 24.3 Å². The number of hydrogen-bond donors (Lipinski definition) is 3. The van der Waals surface area contributed by atoms with Crippen LogP contribution in [0.5, 0.6) is 5.75 Å². The maximum absolute atomic E-state index is 13.0. The second-order valence-electron chi connectivity index (χ2n) is 6.84. The van der Waals surface area contributed by atoms with Crippen LogP contribution in [0.4, 0.5) is 20.7 Å². The van der Waals surface area contributed by atoms with Crippen molar-refractivity contribution in [2.45, 2.75) is 20.0 Å². The van der Waals surface area contributed by atoms with Gasteiger partial charge in [-0.3, -0.25) is 4.79 Å². The minimum atomic E-state index is -0.433. The minimum Gasteiger partial charge on any atom is -0.489 e. The molecule has 1 aromatic heterocycles. The summed E-state index contributed by atoms with van der Waals surface area (Å²) in [5, 5.41) is 8.00. The van der Waals surface area contributed by atoms with E-state index in [9.17, 15) is 14.0 Å². The summed E-state index contributed by atoms with van der Waals surface area (Å²) < 4.78 is 18.6. The zero-order valence-electron chi connectivity index (χ0n) is 17.0. The third-order valence-electron chi connectivity index (χ3n) is 4.23. The van der Waals surface area contributed by atoms with E-state index in [-0.39, 0.29) is 31.3 Å². The van der Waals surface area contributed by atoms with E-state index >= 15 is 0 Å². The predicted octanol–water partition coefficient (Wildman–Crippen LogP) is 4.26. The average molecular weight is 422 g/mol. The van der Waals surface area contributed by atoms with Gasteiger partial charge < -0.3 is 20.7 Å². The third kappa shape index (κ3) is 7.43. The number of halogens is 1. The fraction of sp³-hybridized carbons (Fsp3) is 0.174. The SMILES string of the molecule is Cc1ccc(NC(=O)CCNC(=O)Nc2cccc(OCc3ccc(F)cc3)c2)nc1. The smallest absolute Gasteiger partial charge is 0.319 e. The number of carbonyl (C=O) groups excluding carboxylic acids is 2. The second-order valence-corrected chi connectivity index (χ2v) is 6.84. The maximum atomic E-state index is 13.0. The molecule has 0 aliphatic carbocycles. The van der Waals surface area contributed by atoms with Gasteiger partial charge in [-0.25, -0.2) is 14.2 Å². The van der Waals surface area contributed by atoms with Gasteiger partial charge in [0.25, 0.3) is 0 Å². The Morgan fingerprint density at radius 3 is 2.58 bits per heavy atom. The van der Waals surface area contributed by atoms with Crippen LogP contribution in [-0.2, 0) is 11.4 Å². The molecule has 0 atom stereocenters. The van der Waals surface area contributed by atoms with Crippen molar-refractivity contribution in [3.8, 4) is 5.75 Å². The van der Waals surface area contributed by atoms with E-state index in [4.69, 9.17) is 4.74 Å². The standard InChI is InChI=1S/C23H23FN4O3/c1-16-5-10-21(26-14-16)28-22(29)11-12-25-23(30)27-19-3-2-4-20(13-19)31-15-17-6-8-18(24)9-7-17/h2-10,13-14H,11-12,15H2,1H3,(H2,25,27,30)(H,26,28,29). The number of benzene rings is 2. The maximum Gasteiger partial charge on any atom is 0.319 e. The number of ether oxygens (including phenoxy) is 1. The number of nitrogens with zero attached hydrogens (tertiary/aromatic N) is 1. The lowest BCUT2D eigenvalue weighted by Crippen LogP contribution is -2.31. The summed E-state index contributed by atoms with van der Waals surface area (Å²) in [5.41, 5.74) is 2.38. The zero-order valence-corrected chi connectivity index (χ0v) is 17.0. The van der Waals surface area contributed by atoms with Crippen molar-refractivity contribution in [2.75, 3.05) is 17.2 Å². The summed E-state index contributed by atoms with van der Waals surface area (Å²) in [6.45, 7) is 2.36. The summed E-state index contributed by atoms with van der Waals surface area (Å²) >= 11 is 0. The van der Waals surface area contributed by atoms with Gasteiger partial charge in [-0.15, -0.1) is 0 Å². The van der Waals surface area contributed by atoms with Crippen LogP contribution in [0, 0.1) is 12.7 Å². The van der Waals surface area contributed by atoms with Crippen LogP contribution in [-0.4, -0.2) is 23.5 Å². The van der Waals surface area contributed by atoms with Crippen LogP contribution >= 0.6 is 0 Å². The summed E-state index contributed by atoms with van der Waals surface area (Å²) in [7, 11) is 0. The molecule has 1 heterocycles. The summed E-state index contributed by atoms with van der Waals surface area (Å²) in [6.07, 6.45) is 1.78. The van der Waals surface area contributed by atoms with Gasteiger partial charge in [0.15, 0.2) is 0 Å². The molecule has 0 bridgehead atoms. The number of aromatic nitrogens is 1. The number of carbonyl (C=O) groups is 2. The molecular weight excluding hydrogens is 399 g/mol. The number of rotatable bonds is 8. The van der Waals surface area contributed by atoms with Gasteiger partial charge in [-0.2, -0.15) is 0 Å². The number of urea groups is 1. The number of amides is 3. The quantitative estimate of drug-likeness (QED) is 0.506. The molecule has 7 nitrogen and oxygen atoms in total. The molecule has 3 aromatic rings. The Morgan fingerprint density at radius 1 is 1.03 bits per heavy atom. The van der Waals surface area contributed by atoms with Gasteiger partial charge in [0.2, 0.25) is 5.91 Å². The normalized spacial score (nSPS) is 10.3. The first-order valence-corrected chi connectivity index (χ1v) is 9.72. The van der Waals surface area contributed by atoms with Crippen molar-refractivity contribution in [1.82, 2.24) is 10.3 Å². The van der Waals surface area contributed by atoms with E-state index in [2.05, 4.69) is 20.9 Å². The molecule has 8 heteroatoms. The molecule has 0 aliphatic heterocycles. The highest BCUT2D eigenvalue weighted by atomic mass is 19.1. The van der Waals surface area contributed by atoms with Crippen molar-refractivity contribution >= 4 is 23.4 Å². The molecule has 0 radical (unpaired) electrons.